The number of hydrogen-bond donors (Lipinski definition) is 2. The molecule has 0 amide bonds. The average Bonchev–Trinajstić information content (AvgIpc) is 3.18. The third-order valence-corrected chi connectivity index (χ3v) is 6.70. The van der Waals surface area contributed by atoms with Crippen molar-refractivity contribution in [1.29, 1.82) is 0 Å². The fourth-order valence-electron chi connectivity index (χ4n) is 3.81. The molecule has 1 aromatic carbocycles. The Morgan fingerprint density at radius 2 is 2.07 bits per heavy atom. The molecule has 7 nitrogen and oxygen atoms in total. The first kappa shape index (κ1) is 18.1. The van der Waals surface area contributed by atoms with E-state index in [1.807, 2.05) is 19.9 Å². The van der Waals surface area contributed by atoms with Crippen molar-refractivity contribution in [2.24, 2.45) is 5.73 Å². The molecule has 142 valence electrons. The molecule has 0 radical (unpaired) electrons. The molecule has 27 heavy (non-hydrogen) atoms. The number of aromatic nitrogens is 2. The van der Waals surface area contributed by atoms with Gasteiger partial charge >= 0.3 is 0 Å². The highest BCUT2D eigenvalue weighted by Crippen LogP contribution is 2.33. The van der Waals surface area contributed by atoms with Crippen LogP contribution in [-0.2, 0) is 10.0 Å². The summed E-state index contributed by atoms with van der Waals surface area (Å²) in [5, 5.41) is 4.56. The second kappa shape index (κ2) is 6.70. The zero-order valence-electron chi connectivity index (χ0n) is 15.3. The molecule has 1 saturated carbocycles. The first-order chi connectivity index (χ1) is 12.9. The molecule has 2 aromatic heterocycles. The van der Waals surface area contributed by atoms with Gasteiger partial charge in [-0.2, -0.15) is 0 Å². The minimum atomic E-state index is -3.76. The molecule has 1 aliphatic carbocycles. The minimum absolute atomic E-state index is 0.157. The van der Waals surface area contributed by atoms with Crippen LogP contribution in [-0.4, -0.2) is 30.6 Å². The molecule has 1 fully saturated rings. The monoisotopic (exact) mass is 386 g/mol. The third kappa shape index (κ3) is 3.24. The zero-order valence-corrected chi connectivity index (χ0v) is 16.1. The maximum Gasteiger partial charge on any atom is 0.241 e. The van der Waals surface area contributed by atoms with Crippen LogP contribution in [0.2, 0.25) is 0 Å². The second-order valence-electron chi connectivity index (χ2n) is 7.07. The summed E-state index contributed by atoms with van der Waals surface area (Å²) in [6.07, 6.45) is 4.15. The quantitative estimate of drug-likeness (QED) is 0.713. The van der Waals surface area contributed by atoms with Gasteiger partial charge in [-0.15, -0.1) is 0 Å². The Balaban J connectivity index is 1.89. The number of nitrogens with one attached hydrogen (secondary N) is 1. The summed E-state index contributed by atoms with van der Waals surface area (Å²) in [6.45, 7) is 3.64. The Hall–Kier alpha value is -2.29. The van der Waals surface area contributed by atoms with E-state index >= 15 is 0 Å². The molecule has 4 rings (SSSR count). The lowest BCUT2D eigenvalue weighted by atomic mass is 10.0. The molecule has 2 atom stereocenters. The average molecular weight is 386 g/mol. The molecule has 0 bridgehead atoms. The highest BCUT2D eigenvalue weighted by atomic mass is 32.2. The van der Waals surface area contributed by atoms with Crippen LogP contribution in [0.25, 0.3) is 22.0 Å². The van der Waals surface area contributed by atoms with E-state index in [-0.39, 0.29) is 17.0 Å². The first-order valence-electron chi connectivity index (χ1n) is 8.97. The van der Waals surface area contributed by atoms with Crippen LogP contribution in [0.1, 0.15) is 30.7 Å². The molecule has 0 saturated heterocycles. The molecule has 2 heterocycles. The van der Waals surface area contributed by atoms with Crippen molar-refractivity contribution in [1.82, 2.24) is 14.9 Å². The molecule has 3 aromatic rings. The van der Waals surface area contributed by atoms with E-state index in [4.69, 9.17) is 10.3 Å². The van der Waals surface area contributed by atoms with Crippen LogP contribution in [0, 0.1) is 13.8 Å². The van der Waals surface area contributed by atoms with E-state index in [1.165, 1.54) is 0 Å². The van der Waals surface area contributed by atoms with Gasteiger partial charge in [-0.25, -0.2) is 13.1 Å². The number of nitrogens with zero attached hydrogens (tertiary/aromatic N) is 2. The number of nitrogens with two attached hydrogens (primary N) is 1. The van der Waals surface area contributed by atoms with Gasteiger partial charge < -0.3 is 10.3 Å². The summed E-state index contributed by atoms with van der Waals surface area (Å²) in [7, 11) is -3.76. The number of aryl methyl sites for hydroxylation is 2. The summed E-state index contributed by atoms with van der Waals surface area (Å²) < 4.78 is 34.5. The Labute approximate surface area is 158 Å². The lowest BCUT2D eigenvalue weighted by Crippen LogP contribution is -2.43. The van der Waals surface area contributed by atoms with Gasteiger partial charge in [0.05, 0.1) is 16.1 Å². The maximum absolute atomic E-state index is 13.2. The third-order valence-electron chi connectivity index (χ3n) is 5.17. The fraction of sp³-hybridized carbons (Fsp3) is 0.368. The number of rotatable bonds is 4. The Morgan fingerprint density at radius 3 is 2.74 bits per heavy atom. The van der Waals surface area contributed by atoms with Crippen LogP contribution >= 0.6 is 0 Å². The van der Waals surface area contributed by atoms with E-state index in [1.54, 1.807) is 24.4 Å². The number of fused-ring (bicyclic) bond motifs is 1. The predicted molar refractivity (Wildman–Crippen MR) is 103 cm³/mol. The lowest BCUT2D eigenvalue weighted by molar-refractivity contribution is 0.393. The molecule has 2 unspecified atom stereocenters. The maximum atomic E-state index is 13.2. The molecule has 0 spiro atoms. The van der Waals surface area contributed by atoms with Gasteiger partial charge in [0, 0.05) is 29.2 Å². The van der Waals surface area contributed by atoms with Gasteiger partial charge in [0.2, 0.25) is 10.0 Å². The normalized spacial score (nSPS) is 20.4. The topological polar surface area (TPSA) is 111 Å². The van der Waals surface area contributed by atoms with Crippen molar-refractivity contribution < 1.29 is 12.9 Å². The number of sulfonamides is 1. The zero-order chi connectivity index (χ0) is 19.2. The smallest absolute Gasteiger partial charge is 0.241 e. The van der Waals surface area contributed by atoms with E-state index < -0.39 is 10.0 Å². The molecular weight excluding hydrogens is 364 g/mol. The highest BCUT2D eigenvalue weighted by Gasteiger charge is 2.30. The van der Waals surface area contributed by atoms with Crippen molar-refractivity contribution in [2.45, 2.75) is 50.1 Å². The van der Waals surface area contributed by atoms with Crippen LogP contribution in [0.3, 0.4) is 0 Å². The number of hydrogen-bond acceptors (Lipinski definition) is 6. The predicted octanol–water partition coefficient (Wildman–Crippen LogP) is 2.66. The van der Waals surface area contributed by atoms with Crippen LogP contribution in [0.4, 0.5) is 0 Å². The van der Waals surface area contributed by atoms with E-state index in [2.05, 4.69) is 14.9 Å². The largest absolute Gasteiger partial charge is 0.361 e. The molecular formula is C19H22N4O3S. The Morgan fingerprint density at radius 1 is 1.26 bits per heavy atom. The standard InChI is InChI=1S/C19H22N4O3S/c1-11-19(12(2)26-22-11)13-9-17-14(5-4-8-21-17)18(10-13)27(24,25)23-16-7-3-6-15(16)20/h4-5,8-10,15-16,23H,3,6-7,20H2,1-2H3. The van der Waals surface area contributed by atoms with Gasteiger partial charge in [-0.1, -0.05) is 11.6 Å². The van der Waals surface area contributed by atoms with Gasteiger partial charge in [0.1, 0.15) is 5.76 Å². The molecule has 8 heteroatoms. The lowest BCUT2D eigenvalue weighted by Gasteiger charge is -2.18. The van der Waals surface area contributed by atoms with Crippen molar-refractivity contribution >= 4 is 20.9 Å². The van der Waals surface area contributed by atoms with Crippen molar-refractivity contribution in [2.75, 3.05) is 0 Å². The molecule has 3 N–H and O–H groups in total. The highest BCUT2D eigenvalue weighted by molar-refractivity contribution is 7.89. The van der Waals surface area contributed by atoms with Crippen LogP contribution in [0.15, 0.2) is 39.9 Å². The summed E-state index contributed by atoms with van der Waals surface area (Å²) in [6, 6.07) is 6.63. The van der Waals surface area contributed by atoms with E-state index in [0.717, 1.165) is 24.8 Å². The van der Waals surface area contributed by atoms with Crippen molar-refractivity contribution in [3.05, 3.63) is 41.9 Å². The SMILES string of the molecule is Cc1noc(C)c1-c1cc(S(=O)(=O)NC2CCCC2N)c2cccnc2c1. The summed E-state index contributed by atoms with van der Waals surface area (Å²) >= 11 is 0. The minimum Gasteiger partial charge on any atom is -0.361 e. The fourth-order valence-corrected chi connectivity index (χ4v) is 5.37. The van der Waals surface area contributed by atoms with E-state index in [0.29, 0.717) is 27.9 Å². The van der Waals surface area contributed by atoms with E-state index in [9.17, 15) is 8.42 Å². The Kier molecular flexibility index (Phi) is 4.49. The summed E-state index contributed by atoms with van der Waals surface area (Å²) in [5.41, 5.74) is 8.88. The number of benzene rings is 1. The molecule has 1 aliphatic rings. The first-order valence-corrected chi connectivity index (χ1v) is 10.4. The van der Waals surface area contributed by atoms with Gasteiger partial charge in [0.15, 0.2) is 0 Å². The summed E-state index contributed by atoms with van der Waals surface area (Å²) in [4.78, 5) is 4.56. The van der Waals surface area contributed by atoms with Crippen LogP contribution < -0.4 is 10.5 Å². The van der Waals surface area contributed by atoms with Gasteiger partial charge in [0.25, 0.3) is 0 Å². The van der Waals surface area contributed by atoms with Gasteiger partial charge in [-0.3, -0.25) is 4.98 Å². The summed E-state index contributed by atoms with van der Waals surface area (Å²) in [5.74, 6) is 0.636. The van der Waals surface area contributed by atoms with Crippen molar-refractivity contribution in [3.8, 4) is 11.1 Å². The number of pyridine rings is 1. The second-order valence-corrected chi connectivity index (χ2v) is 8.75. The Bertz CT molecular complexity index is 1090. The van der Waals surface area contributed by atoms with Crippen LogP contribution in [0.5, 0.6) is 0 Å². The van der Waals surface area contributed by atoms with Gasteiger partial charge in [-0.05, 0) is 56.5 Å². The molecule has 0 aliphatic heterocycles. The van der Waals surface area contributed by atoms with Crippen molar-refractivity contribution in [3.63, 3.8) is 0 Å².